The van der Waals surface area contributed by atoms with E-state index in [1.807, 2.05) is 13.0 Å². The predicted octanol–water partition coefficient (Wildman–Crippen LogP) is 3.46. The lowest BCUT2D eigenvalue weighted by molar-refractivity contribution is 0.340. The van der Waals surface area contributed by atoms with Crippen molar-refractivity contribution in [2.45, 2.75) is 38.0 Å². The Hall–Kier alpha value is -0.670. The average Bonchev–Trinajstić information content (AvgIpc) is 2.77. The van der Waals surface area contributed by atoms with Crippen molar-refractivity contribution in [3.05, 3.63) is 29.8 Å². The van der Waals surface area contributed by atoms with Crippen molar-refractivity contribution in [3.8, 4) is 5.75 Å². The van der Waals surface area contributed by atoms with Crippen molar-refractivity contribution in [1.29, 1.82) is 0 Å². The van der Waals surface area contributed by atoms with Crippen molar-refractivity contribution in [3.63, 3.8) is 0 Å². The normalized spacial score (nSPS) is 23.2. The lowest BCUT2D eigenvalue weighted by Gasteiger charge is -2.23. The van der Waals surface area contributed by atoms with Crippen molar-refractivity contribution in [1.82, 2.24) is 5.32 Å². The summed E-state index contributed by atoms with van der Waals surface area (Å²) < 4.78 is 5.96. The van der Waals surface area contributed by atoms with Crippen LogP contribution >= 0.6 is 11.8 Å². The lowest BCUT2D eigenvalue weighted by atomic mass is 10.1. The maximum Gasteiger partial charge on any atom is 0.119 e. The molecule has 3 heteroatoms. The first-order valence-electron chi connectivity index (χ1n) is 6.78. The summed E-state index contributed by atoms with van der Waals surface area (Å²) in [4.78, 5) is 0. The van der Waals surface area contributed by atoms with Crippen LogP contribution in [0.1, 0.15) is 32.3 Å². The number of hydrogen-bond acceptors (Lipinski definition) is 3. The number of benzene rings is 1. The van der Waals surface area contributed by atoms with Gasteiger partial charge < -0.3 is 10.1 Å². The zero-order valence-corrected chi connectivity index (χ0v) is 12.2. The molecule has 1 aromatic carbocycles. The summed E-state index contributed by atoms with van der Waals surface area (Å²) in [7, 11) is 0. The zero-order valence-electron chi connectivity index (χ0n) is 11.4. The fourth-order valence-electron chi connectivity index (χ4n) is 2.36. The van der Waals surface area contributed by atoms with Gasteiger partial charge in [0.1, 0.15) is 5.75 Å². The predicted molar refractivity (Wildman–Crippen MR) is 79.4 cm³/mol. The summed E-state index contributed by atoms with van der Waals surface area (Å²) in [5, 5.41) is 3.58. The standard InChI is InChI=1S/C15H23NOS/c1-3-17-14-7-4-6-13(10-14)11-16-12-15(2)8-5-9-18-15/h4,6-7,10,16H,3,5,8-9,11-12H2,1-2H3. The van der Waals surface area contributed by atoms with Crippen LogP contribution in [0.5, 0.6) is 5.75 Å². The van der Waals surface area contributed by atoms with Gasteiger partial charge in [0, 0.05) is 17.8 Å². The maximum absolute atomic E-state index is 5.51. The van der Waals surface area contributed by atoms with E-state index in [1.54, 1.807) is 0 Å². The minimum Gasteiger partial charge on any atom is -0.494 e. The van der Waals surface area contributed by atoms with E-state index in [4.69, 9.17) is 4.74 Å². The quantitative estimate of drug-likeness (QED) is 0.851. The minimum absolute atomic E-state index is 0.442. The van der Waals surface area contributed by atoms with Crippen LogP contribution in [0.15, 0.2) is 24.3 Å². The van der Waals surface area contributed by atoms with Gasteiger partial charge in [-0.05, 0) is 50.1 Å². The van der Waals surface area contributed by atoms with Gasteiger partial charge >= 0.3 is 0 Å². The van der Waals surface area contributed by atoms with E-state index >= 15 is 0 Å². The number of hydrogen-bond donors (Lipinski definition) is 1. The SMILES string of the molecule is CCOc1cccc(CNCC2(C)CCCS2)c1. The number of rotatable bonds is 6. The average molecular weight is 265 g/mol. The largest absolute Gasteiger partial charge is 0.494 e. The summed E-state index contributed by atoms with van der Waals surface area (Å²) in [6.07, 6.45) is 2.70. The van der Waals surface area contributed by atoms with Crippen LogP contribution in [0.25, 0.3) is 0 Å². The van der Waals surface area contributed by atoms with Gasteiger partial charge in [-0.3, -0.25) is 0 Å². The van der Waals surface area contributed by atoms with Crippen molar-refractivity contribution in [2.75, 3.05) is 18.9 Å². The fraction of sp³-hybridized carbons (Fsp3) is 0.600. The van der Waals surface area contributed by atoms with Crippen LogP contribution in [0.4, 0.5) is 0 Å². The highest BCUT2D eigenvalue weighted by atomic mass is 32.2. The number of nitrogens with one attached hydrogen (secondary N) is 1. The van der Waals surface area contributed by atoms with Gasteiger partial charge in [-0.25, -0.2) is 0 Å². The molecule has 1 N–H and O–H groups in total. The highest BCUT2D eigenvalue weighted by Crippen LogP contribution is 2.36. The van der Waals surface area contributed by atoms with E-state index in [0.29, 0.717) is 4.75 Å². The maximum atomic E-state index is 5.51. The molecule has 1 heterocycles. The third kappa shape index (κ3) is 3.92. The first-order chi connectivity index (χ1) is 8.72. The van der Waals surface area contributed by atoms with Gasteiger partial charge in [0.2, 0.25) is 0 Å². The second kappa shape index (κ2) is 6.48. The Labute approximate surface area is 114 Å². The third-order valence-corrected chi connectivity index (χ3v) is 4.88. The molecule has 0 amide bonds. The van der Waals surface area contributed by atoms with Crippen molar-refractivity contribution >= 4 is 11.8 Å². The van der Waals surface area contributed by atoms with Gasteiger partial charge in [-0.2, -0.15) is 11.8 Å². The molecule has 0 radical (unpaired) electrons. The Morgan fingerprint density at radius 3 is 3.06 bits per heavy atom. The highest BCUT2D eigenvalue weighted by molar-refractivity contribution is 8.00. The summed E-state index contributed by atoms with van der Waals surface area (Å²) in [5.74, 6) is 2.29. The van der Waals surface area contributed by atoms with Crippen LogP contribution in [0, 0.1) is 0 Å². The van der Waals surface area contributed by atoms with E-state index in [-0.39, 0.29) is 0 Å². The van der Waals surface area contributed by atoms with Crippen LogP contribution in [0.3, 0.4) is 0 Å². The molecule has 0 saturated carbocycles. The molecule has 0 bridgehead atoms. The monoisotopic (exact) mass is 265 g/mol. The molecule has 1 aliphatic heterocycles. The summed E-state index contributed by atoms with van der Waals surface area (Å²) in [6, 6.07) is 8.36. The Balaban J connectivity index is 1.80. The Morgan fingerprint density at radius 2 is 2.33 bits per heavy atom. The molecule has 100 valence electrons. The zero-order chi connectivity index (χ0) is 12.8. The molecule has 1 aromatic rings. The second-order valence-electron chi connectivity index (χ2n) is 5.09. The van der Waals surface area contributed by atoms with Gasteiger partial charge in [0.05, 0.1) is 6.61 Å². The van der Waals surface area contributed by atoms with Gasteiger partial charge in [0.25, 0.3) is 0 Å². The molecule has 1 aliphatic rings. The first-order valence-corrected chi connectivity index (χ1v) is 7.77. The van der Waals surface area contributed by atoms with Crippen molar-refractivity contribution in [2.24, 2.45) is 0 Å². The molecule has 2 nitrogen and oxygen atoms in total. The van der Waals surface area contributed by atoms with Crippen LogP contribution < -0.4 is 10.1 Å². The number of thioether (sulfide) groups is 1. The molecular weight excluding hydrogens is 242 g/mol. The molecule has 2 rings (SSSR count). The lowest BCUT2D eigenvalue weighted by Crippen LogP contribution is -2.32. The van der Waals surface area contributed by atoms with Gasteiger partial charge in [0.15, 0.2) is 0 Å². The summed E-state index contributed by atoms with van der Waals surface area (Å²) in [5.41, 5.74) is 1.30. The van der Waals surface area contributed by atoms with E-state index in [2.05, 4.69) is 42.2 Å². The Morgan fingerprint density at radius 1 is 1.44 bits per heavy atom. The van der Waals surface area contributed by atoms with Gasteiger partial charge in [-0.1, -0.05) is 12.1 Å². The van der Waals surface area contributed by atoms with Crippen LogP contribution in [-0.2, 0) is 6.54 Å². The van der Waals surface area contributed by atoms with E-state index in [9.17, 15) is 0 Å². The molecule has 1 fully saturated rings. The van der Waals surface area contributed by atoms with Gasteiger partial charge in [-0.15, -0.1) is 0 Å². The Kier molecular flexibility index (Phi) is 4.95. The summed E-state index contributed by atoms with van der Waals surface area (Å²) in [6.45, 7) is 7.14. The second-order valence-corrected chi connectivity index (χ2v) is 6.77. The van der Waals surface area contributed by atoms with Crippen LogP contribution in [-0.4, -0.2) is 23.7 Å². The third-order valence-electron chi connectivity index (χ3n) is 3.34. The molecule has 0 aromatic heterocycles. The molecule has 0 spiro atoms. The molecule has 1 saturated heterocycles. The molecule has 18 heavy (non-hydrogen) atoms. The Bertz CT molecular complexity index is 375. The molecular formula is C15H23NOS. The van der Waals surface area contributed by atoms with Crippen molar-refractivity contribution < 1.29 is 4.74 Å². The van der Waals surface area contributed by atoms with E-state index < -0.39 is 0 Å². The first kappa shape index (κ1) is 13.8. The molecule has 1 unspecified atom stereocenters. The number of ether oxygens (including phenoxy) is 1. The summed E-state index contributed by atoms with van der Waals surface area (Å²) >= 11 is 2.10. The fourth-order valence-corrected chi connectivity index (χ4v) is 3.63. The van der Waals surface area contributed by atoms with E-state index in [1.165, 1.54) is 24.2 Å². The molecule has 0 aliphatic carbocycles. The molecule has 1 atom stereocenters. The topological polar surface area (TPSA) is 21.3 Å². The minimum atomic E-state index is 0.442. The van der Waals surface area contributed by atoms with Crippen LogP contribution in [0.2, 0.25) is 0 Å². The highest BCUT2D eigenvalue weighted by Gasteiger charge is 2.28. The smallest absolute Gasteiger partial charge is 0.119 e. The van der Waals surface area contributed by atoms with E-state index in [0.717, 1.165) is 25.4 Å².